The van der Waals surface area contributed by atoms with Gasteiger partial charge in [0.15, 0.2) is 0 Å². The molecule has 1 aliphatic carbocycles. The van der Waals surface area contributed by atoms with Crippen LogP contribution in [0, 0.1) is 11.8 Å². The van der Waals surface area contributed by atoms with E-state index in [0.29, 0.717) is 18.4 Å². The summed E-state index contributed by atoms with van der Waals surface area (Å²) in [5.41, 5.74) is 6.01. The number of hydrogen-bond donors (Lipinski definition) is 1. The van der Waals surface area contributed by atoms with Gasteiger partial charge in [-0.15, -0.1) is 12.4 Å². The van der Waals surface area contributed by atoms with Crippen molar-refractivity contribution < 1.29 is 4.74 Å². The van der Waals surface area contributed by atoms with Crippen LogP contribution in [0.1, 0.15) is 13.8 Å². The van der Waals surface area contributed by atoms with Crippen molar-refractivity contribution in [1.82, 2.24) is 4.98 Å². The fourth-order valence-electron chi connectivity index (χ4n) is 1.80. The lowest BCUT2D eigenvalue weighted by molar-refractivity contribution is 0.264. The summed E-state index contributed by atoms with van der Waals surface area (Å²) in [6.45, 7) is 4.91. The molecule has 1 aromatic heterocycles. The topological polar surface area (TPSA) is 48.1 Å². The Balaban J connectivity index is 0.00000112. The molecular weight excluding hydrogens is 212 g/mol. The van der Waals surface area contributed by atoms with Crippen molar-refractivity contribution in [3.8, 4) is 5.75 Å². The Morgan fingerprint density at radius 2 is 2.13 bits per heavy atom. The van der Waals surface area contributed by atoms with Gasteiger partial charge in [0.05, 0.1) is 11.7 Å². The SMILES string of the molecule is CC1C(C)C1(N)COc1cccnc1.Cl. The highest BCUT2D eigenvalue weighted by atomic mass is 35.5. The first-order chi connectivity index (χ1) is 6.64. The third kappa shape index (κ3) is 2.24. The first kappa shape index (κ1) is 12.3. The zero-order valence-electron chi connectivity index (χ0n) is 9.01. The summed E-state index contributed by atoms with van der Waals surface area (Å²) in [6.07, 6.45) is 3.44. The van der Waals surface area contributed by atoms with E-state index in [9.17, 15) is 0 Å². The number of halogens is 1. The molecule has 2 unspecified atom stereocenters. The Hall–Kier alpha value is -0.800. The average Bonchev–Trinajstić information content (AvgIpc) is 2.69. The van der Waals surface area contributed by atoms with E-state index < -0.39 is 0 Å². The van der Waals surface area contributed by atoms with E-state index in [1.807, 2.05) is 12.1 Å². The molecule has 1 saturated carbocycles. The number of hydrogen-bond acceptors (Lipinski definition) is 3. The molecule has 1 heterocycles. The van der Waals surface area contributed by atoms with Gasteiger partial charge >= 0.3 is 0 Å². The number of aromatic nitrogens is 1. The van der Waals surface area contributed by atoms with Crippen molar-refractivity contribution in [3.05, 3.63) is 24.5 Å². The lowest BCUT2D eigenvalue weighted by Crippen LogP contribution is -2.33. The smallest absolute Gasteiger partial charge is 0.137 e. The van der Waals surface area contributed by atoms with Crippen molar-refractivity contribution in [2.45, 2.75) is 19.4 Å². The summed E-state index contributed by atoms with van der Waals surface area (Å²) in [4.78, 5) is 3.98. The lowest BCUT2D eigenvalue weighted by Gasteiger charge is -2.12. The standard InChI is InChI=1S/C11H16N2O.ClH/c1-8-9(2)11(8,12)7-14-10-4-3-5-13-6-10;/h3-6,8-9H,7,12H2,1-2H3;1H. The molecule has 1 aliphatic rings. The van der Waals surface area contributed by atoms with Gasteiger partial charge in [0.25, 0.3) is 0 Å². The van der Waals surface area contributed by atoms with E-state index in [0.717, 1.165) is 5.75 Å². The van der Waals surface area contributed by atoms with Crippen LogP contribution in [0.15, 0.2) is 24.5 Å². The molecule has 0 radical (unpaired) electrons. The Labute approximate surface area is 96.4 Å². The molecule has 1 fully saturated rings. The van der Waals surface area contributed by atoms with Crippen molar-refractivity contribution in [2.24, 2.45) is 17.6 Å². The fraction of sp³-hybridized carbons (Fsp3) is 0.545. The molecule has 4 heteroatoms. The molecule has 0 bridgehead atoms. The zero-order valence-corrected chi connectivity index (χ0v) is 9.83. The van der Waals surface area contributed by atoms with Crippen LogP contribution in [0.5, 0.6) is 5.75 Å². The largest absolute Gasteiger partial charge is 0.490 e. The van der Waals surface area contributed by atoms with Gasteiger partial charge in [0, 0.05) is 6.20 Å². The molecule has 0 aromatic carbocycles. The van der Waals surface area contributed by atoms with Crippen LogP contribution in [-0.4, -0.2) is 17.1 Å². The van der Waals surface area contributed by atoms with Crippen molar-refractivity contribution in [1.29, 1.82) is 0 Å². The fourth-order valence-corrected chi connectivity index (χ4v) is 1.80. The second kappa shape index (κ2) is 4.37. The predicted octanol–water partition coefficient (Wildman–Crippen LogP) is 1.87. The van der Waals surface area contributed by atoms with Gasteiger partial charge < -0.3 is 10.5 Å². The molecule has 2 atom stereocenters. The highest BCUT2D eigenvalue weighted by Crippen LogP contribution is 2.47. The van der Waals surface area contributed by atoms with Crippen molar-refractivity contribution in [3.63, 3.8) is 0 Å². The van der Waals surface area contributed by atoms with E-state index in [1.54, 1.807) is 12.4 Å². The third-order valence-electron chi connectivity index (χ3n) is 3.46. The third-order valence-corrected chi connectivity index (χ3v) is 3.46. The van der Waals surface area contributed by atoms with Crippen LogP contribution in [0.25, 0.3) is 0 Å². The van der Waals surface area contributed by atoms with Gasteiger partial charge in [-0.05, 0) is 24.0 Å². The molecule has 84 valence electrons. The van der Waals surface area contributed by atoms with E-state index in [1.165, 1.54) is 0 Å². The van der Waals surface area contributed by atoms with Gasteiger partial charge in [-0.3, -0.25) is 4.98 Å². The molecule has 3 nitrogen and oxygen atoms in total. The first-order valence-electron chi connectivity index (χ1n) is 4.96. The van der Waals surface area contributed by atoms with Crippen LogP contribution in [-0.2, 0) is 0 Å². The van der Waals surface area contributed by atoms with Gasteiger partial charge in [-0.25, -0.2) is 0 Å². The number of rotatable bonds is 3. The summed E-state index contributed by atoms with van der Waals surface area (Å²) in [5, 5.41) is 0. The minimum atomic E-state index is -0.129. The summed E-state index contributed by atoms with van der Waals surface area (Å²) in [7, 11) is 0. The van der Waals surface area contributed by atoms with Gasteiger partial charge in [0.1, 0.15) is 12.4 Å². The molecule has 0 amide bonds. The van der Waals surface area contributed by atoms with E-state index in [4.69, 9.17) is 10.5 Å². The van der Waals surface area contributed by atoms with E-state index in [-0.39, 0.29) is 17.9 Å². The highest BCUT2D eigenvalue weighted by molar-refractivity contribution is 5.85. The van der Waals surface area contributed by atoms with Gasteiger partial charge in [-0.1, -0.05) is 13.8 Å². The molecule has 2 rings (SSSR count). The Morgan fingerprint density at radius 1 is 1.47 bits per heavy atom. The number of ether oxygens (including phenoxy) is 1. The van der Waals surface area contributed by atoms with Crippen LogP contribution in [0.4, 0.5) is 0 Å². The highest BCUT2D eigenvalue weighted by Gasteiger charge is 2.56. The number of pyridine rings is 1. The lowest BCUT2D eigenvalue weighted by atomic mass is 10.2. The first-order valence-corrected chi connectivity index (χ1v) is 4.96. The number of nitrogens with two attached hydrogens (primary N) is 1. The van der Waals surface area contributed by atoms with Crippen LogP contribution in [0.3, 0.4) is 0 Å². The van der Waals surface area contributed by atoms with E-state index >= 15 is 0 Å². The average molecular weight is 229 g/mol. The minimum Gasteiger partial charge on any atom is -0.490 e. The maximum atomic E-state index is 6.14. The second-order valence-corrected chi connectivity index (χ2v) is 4.17. The van der Waals surface area contributed by atoms with Crippen LogP contribution >= 0.6 is 12.4 Å². The normalized spacial score (nSPS) is 33.0. The minimum absolute atomic E-state index is 0. The molecule has 0 aliphatic heterocycles. The maximum absolute atomic E-state index is 6.14. The quantitative estimate of drug-likeness (QED) is 0.859. The summed E-state index contributed by atoms with van der Waals surface area (Å²) in [6, 6.07) is 3.76. The van der Waals surface area contributed by atoms with Gasteiger partial charge in [-0.2, -0.15) is 0 Å². The molecule has 15 heavy (non-hydrogen) atoms. The molecule has 0 saturated heterocycles. The zero-order chi connectivity index (χ0) is 10.2. The molecule has 2 N–H and O–H groups in total. The summed E-state index contributed by atoms with van der Waals surface area (Å²) in [5.74, 6) is 1.90. The van der Waals surface area contributed by atoms with Crippen LogP contribution < -0.4 is 10.5 Å². The Morgan fingerprint density at radius 3 is 2.60 bits per heavy atom. The van der Waals surface area contributed by atoms with Gasteiger partial charge in [0.2, 0.25) is 0 Å². The van der Waals surface area contributed by atoms with Crippen LogP contribution in [0.2, 0.25) is 0 Å². The molecule has 0 spiro atoms. The Kier molecular flexibility index (Phi) is 3.58. The van der Waals surface area contributed by atoms with Crippen molar-refractivity contribution in [2.75, 3.05) is 6.61 Å². The maximum Gasteiger partial charge on any atom is 0.137 e. The second-order valence-electron chi connectivity index (χ2n) is 4.17. The number of nitrogens with zero attached hydrogens (tertiary/aromatic N) is 1. The monoisotopic (exact) mass is 228 g/mol. The predicted molar refractivity (Wildman–Crippen MR) is 62.2 cm³/mol. The summed E-state index contributed by atoms with van der Waals surface area (Å²) >= 11 is 0. The molecule has 1 aromatic rings. The molecular formula is C11H17ClN2O. The Bertz CT molecular complexity index is 310. The van der Waals surface area contributed by atoms with E-state index in [2.05, 4.69) is 18.8 Å². The summed E-state index contributed by atoms with van der Waals surface area (Å²) < 4.78 is 5.59. The van der Waals surface area contributed by atoms with Crippen molar-refractivity contribution >= 4 is 12.4 Å².